The lowest BCUT2D eigenvalue weighted by Crippen LogP contribution is -2.30. The van der Waals surface area contributed by atoms with E-state index in [0.29, 0.717) is 31.0 Å². The van der Waals surface area contributed by atoms with E-state index in [9.17, 15) is 9.59 Å². The van der Waals surface area contributed by atoms with E-state index in [4.69, 9.17) is 10.5 Å². The van der Waals surface area contributed by atoms with Gasteiger partial charge in [-0.15, -0.1) is 0 Å². The predicted molar refractivity (Wildman–Crippen MR) is 70.5 cm³/mol. The zero-order valence-corrected chi connectivity index (χ0v) is 10.6. The van der Waals surface area contributed by atoms with Crippen molar-refractivity contribution in [2.45, 2.75) is 6.42 Å². The average molecular weight is 266 g/mol. The largest absolute Gasteiger partial charge is 0.491 e. The second-order valence-corrected chi connectivity index (χ2v) is 4.77. The Labute approximate surface area is 109 Å². The smallest absolute Gasteiger partial charge is 0.288 e. The van der Waals surface area contributed by atoms with E-state index in [1.807, 2.05) is 12.1 Å². The standard InChI is InChI=1S/C12H14N2O3S/c13-9-4-1-2-5-10(9)17-7-3-6-14-11(15)8-18-12(14)16/h1-2,4-5H,3,6-8,13H2. The van der Waals surface area contributed by atoms with Gasteiger partial charge in [-0.05, 0) is 18.6 Å². The molecule has 5 nitrogen and oxygen atoms in total. The summed E-state index contributed by atoms with van der Waals surface area (Å²) >= 11 is 1.05. The van der Waals surface area contributed by atoms with Crippen LogP contribution < -0.4 is 10.5 Å². The molecule has 1 fully saturated rings. The van der Waals surface area contributed by atoms with Gasteiger partial charge in [-0.2, -0.15) is 0 Å². The van der Waals surface area contributed by atoms with Crippen molar-refractivity contribution in [3.05, 3.63) is 24.3 Å². The lowest BCUT2D eigenvalue weighted by Gasteiger charge is -2.13. The zero-order valence-electron chi connectivity index (χ0n) is 9.80. The Kier molecular flexibility index (Phi) is 4.09. The topological polar surface area (TPSA) is 72.6 Å². The Morgan fingerprint density at radius 3 is 2.78 bits per heavy atom. The van der Waals surface area contributed by atoms with Crippen LogP contribution in [0.3, 0.4) is 0 Å². The number of anilines is 1. The van der Waals surface area contributed by atoms with Gasteiger partial charge in [0.25, 0.3) is 5.24 Å². The Morgan fingerprint density at radius 1 is 1.33 bits per heavy atom. The SMILES string of the molecule is Nc1ccccc1OCCCN1C(=O)CSC1=O. The molecule has 1 aromatic rings. The van der Waals surface area contributed by atoms with Gasteiger partial charge in [0.2, 0.25) is 5.91 Å². The summed E-state index contributed by atoms with van der Waals surface area (Å²) in [6.45, 7) is 0.827. The predicted octanol–water partition coefficient (Wildman–Crippen LogP) is 1.73. The second kappa shape index (κ2) is 5.77. The molecular formula is C12H14N2O3S. The van der Waals surface area contributed by atoms with Gasteiger partial charge in [-0.25, -0.2) is 0 Å². The molecule has 0 spiro atoms. The van der Waals surface area contributed by atoms with E-state index in [1.54, 1.807) is 12.1 Å². The molecule has 1 aliphatic heterocycles. The molecule has 0 bridgehead atoms. The first-order valence-corrected chi connectivity index (χ1v) is 6.61. The molecule has 2 amide bonds. The monoisotopic (exact) mass is 266 g/mol. The van der Waals surface area contributed by atoms with Crippen molar-refractivity contribution in [3.63, 3.8) is 0 Å². The highest BCUT2D eigenvalue weighted by atomic mass is 32.2. The van der Waals surface area contributed by atoms with Gasteiger partial charge >= 0.3 is 0 Å². The van der Waals surface area contributed by atoms with Crippen LogP contribution in [0.1, 0.15) is 6.42 Å². The molecule has 96 valence electrons. The van der Waals surface area contributed by atoms with Crippen LogP contribution in [0, 0.1) is 0 Å². The van der Waals surface area contributed by atoms with Crippen LogP contribution >= 0.6 is 11.8 Å². The van der Waals surface area contributed by atoms with E-state index in [-0.39, 0.29) is 16.9 Å². The van der Waals surface area contributed by atoms with E-state index < -0.39 is 0 Å². The first-order valence-electron chi connectivity index (χ1n) is 5.63. The third-order valence-corrected chi connectivity index (χ3v) is 3.40. The minimum absolute atomic E-state index is 0.121. The van der Waals surface area contributed by atoms with Crippen LogP contribution in [0.2, 0.25) is 0 Å². The van der Waals surface area contributed by atoms with Gasteiger partial charge in [-0.1, -0.05) is 23.9 Å². The molecule has 1 aliphatic rings. The molecule has 0 saturated carbocycles. The van der Waals surface area contributed by atoms with Gasteiger partial charge in [0.15, 0.2) is 0 Å². The molecule has 1 aromatic carbocycles. The molecule has 0 atom stereocenters. The highest BCUT2D eigenvalue weighted by Gasteiger charge is 2.28. The van der Waals surface area contributed by atoms with Crippen LogP contribution in [-0.2, 0) is 4.79 Å². The number of rotatable bonds is 5. The van der Waals surface area contributed by atoms with Crippen molar-refractivity contribution >= 4 is 28.6 Å². The van der Waals surface area contributed by atoms with Crippen LogP contribution in [-0.4, -0.2) is 35.0 Å². The van der Waals surface area contributed by atoms with Crippen molar-refractivity contribution in [1.82, 2.24) is 4.90 Å². The van der Waals surface area contributed by atoms with Crippen molar-refractivity contribution in [1.29, 1.82) is 0 Å². The summed E-state index contributed by atoms with van der Waals surface area (Å²) in [6.07, 6.45) is 0.604. The molecule has 0 unspecified atom stereocenters. The van der Waals surface area contributed by atoms with Gasteiger partial charge in [0.05, 0.1) is 18.0 Å². The number of thioether (sulfide) groups is 1. The molecule has 1 saturated heterocycles. The van der Waals surface area contributed by atoms with E-state index in [1.165, 1.54) is 4.90 Å². The molecule has 0 radical (unpaired) electrons. The summed E-state index contributed by atoms with van der Waals surface area (Å²) in [5.74, 6) is 0.765. The fraction of sp³-hybridized carbons (Fsp3) is 0.333. The fourth-order valence-electron chi connectivity index (χ4n) is 1.61. The van der Waals surface area contributed by atoms with Crippen molar-refractivity contribution in [2.24, 2.45) is 0 Å². The minimum atomic E-state index is -0.167. The summed E-state index contributed by atoms with van der Waals surface area (Å²) in [7, 11) is 0. The number of benzene rings is 1. The maximum absolute atomic E-state index is 11.3. The lowest BCUT2D eigenvalue weighted by atomic mass is 10.3. The lowest BCUT2D eigenvalue weighted by molar-refractivity contribution is -0.124. The van der Waals surface area contributed by atoms with Crippen LogP contribution in [0.15, 0.2) is 24.3 Å². The first-order chi connectivity index (χ1) is 8.68. The average Bonchev–Trinajstić information content (AvgIpc) is 2.67. The highest BCUT2D eigenvalue weighted by Crippen LogP contribution is 2.21. The molecular weight excluding hydrogens is 252 g/mol. The number of amides is 2. The molecule has 18 heavy (non-hydrogen) atoms. The number of carbonyl (C=O) groups is 2. The van der Waals surface area contributed by atoms with Crippen molar-refractivity contribution < 1.29 is 14.3 Å². The fourth-order valence-corrected chi connectivity index (χ4v) is 2.37. The van der Waals surface area contributed by atoms with Gasteiger partial charge in [0, 0.05) is 6.54 Å². The molecule has 1 heterocycles. The number of hydrogen-bond donors (Lipinski definition) is 1. The summed E-state index contributed by atoms with van der Waals surface area (Å²) < 4.78 is 5.49. The van der Waals surface area contributed by atoms with Crippen molar-refractivity contribution in [2.75, 3.05) is 24.6 Å². The number of nitrogens with two attached hydrogens (primary N) is 1. The summed E-state index contributed by atoms with van der Waals surface area (Å²) in [5, 5.41) is -0.167. The molecule has 2 N–H and O–H groups in total. The number of nitrogen functional groups attached to an aromatic ring is 1. The Bertz CT molecular complexity index is 448. The van der Waals surface area contributed by atoms with E-state index in [0.717, 1.165) is 11.8 Å². The number of para-hydroxylation sites is 2. The molecule has 0 aliphatic carbocycles. The van der Waals surface area contributed by atoms with Crippen LogP contribution in [0.25, 0.3) is 0 Å². The van der Waals surface area contributed by atoms with Crippen molar-refractivity contribution in [3.8, 4) is 5.75 Å². The van der Waals surface area contributed by atoms with Gasteiger partial charge in [0.1, 0.15) is 5.75 Å². The summed E-state index contributed by atoms with van der Waals surface area (Å²) in [4.78, 5) is 23.9. The Balaban J connectivity index is 1.75. The Hall–Kier alpha value is -1.69. The van der Waals surface area contributed by atoms with Crippen LogP contribution in [0.5, 0.6) is 5.75 Å². The van der Waals surface area contributed by atoms with E-state index >= 15 is 0 Å². The highest BCUT2D eigenvalue weighted by molar-refractivity contribution is 8.14. The second-order valence-electron chi connectivity index (χ2n) is 3.84. The maximum Gasteiger partial charge on any atom is 0.288 e. The number of hydrogen-bond acceptors (Lipinski definition) is 5. The molecule has 2 rings (SSSR count). The quantitative estimate of drug-likeness (QED) is 0.649. The third-order valence-electron chi connectivity index (χ3n) is 2.54. The number of nitrogens with zero attached hydrogens (tertiary/aromatic N) is 1. The van der Waals surface area contributed by atoms with Crippen LogP contribution in [0.4, 0.5) is 10.5 Å². The first kappa shape index (κ1) is 12.8. The number of carbonyl (C=O) groups excluding carboxylic acids is 2. The summed E-state index contributed by atoms with van der Waals surface area (Å²) in [5.41, 5.74) is 6.31. The zero-order chi connectivity index (χ0) is 13.0. The van der Waals surface area contributed by atoms with Gasteiger partial charge < -0.3 is 10.5 Å². The molecule has 6 heteroatoms. The molecule has 0 aromatic heterocycles. The third kappa shape index (κ3) is 2.95. The maximum atomic E-state index is 11.3. The Morgan fingerprint density at radius 2 is 2.11 bits per heavy atom. The number of imide groups is 1. The van der Waals surface area contributed by atoms with E-state index in [2.05, 4.69) is 0 Å². The summed E-state index contributed by atoms with van der Waals surface area (Å²) in [6, 6.07) is 7.23. The van der Waals surface area contributed by atoms with Gasteiger partial charge in [-0.3, -0.25) is 14.5 Å². The number of ether oxygens (including phenoxy) is 1. The minimum Gasteiger partial charge on any atom is -0.491 e. The normalized spacial score (nSPS) is 15.2.